The van der Waals surface area contributed by atoms with Crippen LogP contribution >= 0.6 is 11.6 Å². The number of benzene rings is 3. The quantitative estimate of drug-likeness (QED) is 0.512. The monoisotopic (exact) mass is 443 g/mol. The van der Waals surface area contributed by atoms with E-state index in [9.17, 15) is 13.2 Å². The molecule has 156 valence electrons. The highest BCUT2D eigenvalue weighted by molar-refractivity contribution is 7.93. The normalized spacial score (nSPS) is 11.2. The van der Waals surface area contributed by atoms with Gasteiger partial charge in [0.2, 0.25) is 0 Å². The lowest BCUT2D eigenvalue weighted by Gasteiger charge is -2.25. The molecule has 0 bridgehead atoms. The fourth-order valence-electron chi connectivity index (χ4n) is 3.03. The summed E-state index contributed by atoms with van der Waals surface area (Å²) in [6.45, 7) is 5.75. The van der Waals surface area contributed by atoms with Gasteiger partial charge in [0.1, 0.15) is 5.75 Å². The second kappa shape index (κ2) is 8.90. The molecule has 0 spiro atoms. The zero-order valence-corrected chi connectivity index (χ0v) is 18.5. The molecule has 0 saturated carbocycles. The van der Waals surface area contributed by atoms with Crippen molar-refractivity contribution in [1.82, 2.24) is 0 Å². The number of hydrogen-bond acceptors (Lipinski definition) is 4. The summed E-state index contributed by atoms with van der Waals surface area (Å²) < 4.78 is 33.6. The smallest absolute Gasteiger partial charge is 0.276 e. The average Bonchev–Trinajstić information content (AvgIpc) is 2.71. The van der Waals surface area contributed by atoms with Crippen molar-refractivity contribution >= 4 is 33.2 Å². The SMILES string of the molecule is CCOc1ccccc1C(=O)N(c1cc(C)ccc1C)S(=O)(=O)c1ccc(Cl)cc1. The molecule has 0 unspecified atom stereocenters. The molecule has 3 rings (SSSR count). The number of sulfonamides is 1. The molecule has 0 aliphatic heterocycles. The fraction of sp³-hybridized carbons (Fsp3) is 0.174. The first-order valence-electron chi connectivity index (χ1n) is 9.40. The molecule has 1 amide bonds. The van der Waals surface area contributed by atoms with Gasteiger partial charge in [0.05, 0.1) is 22.8 Å². The van der Waals surface area contributed by atoms with Crippen molar-refractivity contribution in [2.75, 3.05) is 10.9 Å². The van der Waals surface area contributed by atoms with E-state index in [2.05, 4.69) is 0 Å². The van der Waals surface area contributed by atoms with Gasteiger partial charge in [-0.3, -0.25) is 4.79 Å². The van der Waals surface area contributed by atoms with Crippen LogP contribution in [-0.4, -0.2) is 20.9 Å². The molecule has 0 heterocycles. The zero-order valence-electron chi connectivity index (χ0n) is 16.9. The van der Waals surface area contributed by atoms with Crippen molar-refractivity contribution in [3.05, 3.63) is 88.4 Å². The van der Waals surface area contributed by atoms with Crippen molar-refractivity contribution in [1.29, 1.82) is 0 Å². The number of nitrogens with zero attached hydrogens (tertiary/aromatic N) is 1. The zero-order chi connectivity index (χ0) is 21.9. The van der Waals surface area contributed by atoms with E-state index in [0.29, 0.717) is 28.6 Å². The molecule has 5 nitrogen and oxygen atoms in total. The molecule has 7 heteroatoms. The van der Waals surface area contributed by atoms with Gasteiger partial charge in [-0.2, -0.15) is 4.31 Å². The van der Waals surface area contributed by atoms with Crippen LogP contribution in [0.4, 0.5) is 5.69 Å². The van der Waals surface area contributed by atoms with Crippen LogP contribution in [-0.2, 0) is 10.0 Å². The number of carbonyl (C=O) groups excluding carboxylic acids is 1. The topological polar surface area (TPSA) is 63.7 Å². The molecular weight excluding hydrogens is 422 g/mol. The summed E-state index contributed by atoms with van der Waals surface area (Å²) in [5.41, 5.74) is 1.94. The van der Waals surface area contributed by atoms with Crippen LogP contribution in [0, 0.1) is 13.8 Å². The van der Waals surface area contributed by atoms with E-state index >= 15 is 0 Å². The number of anilines is 1. The lowest BCUT2D eigenvalue weighted by molar-refractivity contribution is 0.100. The lowest BCUT2D eigenvalue weighted by Crippen LogP contribution is -2.37. The average molecular weight is 444 g/mol. The van der Waals surface area contributed by atoms with E-state index in [4.69, 9.17) is 16.3 Å². The van der Waals surface area contributed by atoms with E-state index in [0.717, 1.165) is 9.87 Å². The molecule has 30 heavy (non-hydrogen) atoms. The molecular formula is C23H22ClNO4S. The first-order chi connectivity index (χ1) is 14.3. The van der Waals surface area contributed by atoms with Crippen molar-refractivity contribution in [2.45, 2.75) is 25.7 Å². The third-order valence-electron chi connectivity index (χ3n) is 4.54. The van der Waals surface area contributed by atoms with Crippen LogP contribution in [0.25, 0.3) is 0 Å². The van der Waals surface area contributed by atoms with Crippen molar-refractivity contribution in [2.24, 2.45) is 0 Å². The maximum atomic E-state index is 13.6. The van der Waals surface area contributed by atoms with Crippen molar-refractivity contribution in [3.8, 4) is 5.75 Å². The minimum Gasteiger partial charge on any atom is -0.493 e. The van der Waals surface area contributed by atoms with Gasteiger partial charge in [0.15, 0.2) is 0 Å². The number of ether oxygens (including phenoxy) is 1. The predicted molar refractivity (Wildman–Crippen MR) is 119 cm³/mol. The minimum absolute atomic E-state index is 0.0324. The van der Waals surface area contributed by atoms with Crippen LogP contribution in [0.5, 0.6) is 5.75 Å². The maximum absolute atomic E-state index is 13.6. The van der Waals surface area contributed by atoms with Gasteiger partial charge >= 0.3 is 0 Å². The second-order valence-corrected chi connectivity index (χ2v) is 8.97. The molecule has 0 atom stereocenters. The third-order valence-corrected chi connectivity index (χ3v) is 6.50. The predicted octanol–water partition coefficient (Wildman–Crippen LogP) is 5.39. The Balaban J connectivity index is 2.24. The highest BCUT2D eigenvalue weighted by Gasteiger charge is 2.34. The molecule has 0 fully saturated rings. The van der Waals surface area contributed by atoms with E-state index in [1.54, 1.807) is 50.2 Å². The lowest BCUT2D eigenvalue weighted by atomic mass is 10.1. The van der Waals surface area contributed by atoms with Gasteiger partial charge in [0.25, 0.3) is 15.9 Å². The van der Waals surface area contributed by atoms with E-state index in [1.165, 1.54) is 24.3 Å². The first-order valence-corrected chi connectivity index (χ1v) is 11.2. The van der Waals surface area contributed by atoms with Crippen molar-refractivity contribution in [3.63, 3.8) is 0 Å². The van der Waals surface area contributed by atoms with Crippen LogP contribution in [0.3, 0.4) is 0 Å². The maximum Gasteiger partial charge on any atom is 0.276 e. The highest BCUT2D eigenvalue weighted by Crippen LogP contribution is 2.32. The second-order valence-electron chi connectivity index (χ2n) is 6.75. The Hall–Kier alpha value is -2.83. The van der Waals surface area contributed by atoms with Gasteiger partial charge in [-0.15, -0.1) is 0 Å². The van der Waals surface area contributed by atoms with Gasteiger partial charge in [-0.05, 0) is 74.4 Å². The summed E-state index contributed by atoms with van der Waals surface area (Å²) in [5.74, 6) is -0.366. The molecule has 0 aromatic heterocycles. The highest BCUT2D eigenvalue weighted by atomic mass is 35.5. The van der Waals surface area contributed by atoms with Gasteiger partial charge in [-0.25, -0.2) is 8.42 Å². The summed E-state index contributed by atoms with van der Waals surface area (Å²) in [6.07, 6.45) is 0. The molecule has 0 aliphatic carbocycles. The Labute approximate surface area is 181 Å². The molecule has 3 aromatic carbocycles. The van der Waals surface area contributed by atoms with E-state index in [1.807, 2.05) is 13.0 Å². The van der Waals surface area contributed by atoms with Crippen LogP contribution in [0.15, 0.2) is 71.6 Å². The summed E-state index contributed by atoms with van der Waals surface area (Å²) in [4.78, 5) is 13.6. The summed E-state index contributed by atoms with van der Waals surface area (Å²) in [7, 11) is -4.22. The summed E-state index contributed by atoms with van der Waals surface area (Å²) >= 11 is 5.93. The number of hydrogen-bond donors (Lipinski definition) is 0. The minimum atomic E-state index is -4.22. The first kappa shape index (κ1) is 21.9. The summed E-state index contributed by atoms with van der Waals surface area (Å²) in [6, 6.07) is 17.7. The van der Waals surface area contributed by atoms with Gasteiger partial charge in [-0.1, -0.05) is 35.9 Å². The number of rotatable bonds is 6. The number of carbonyl (C=O) groups is 1. The van der Waals surface area contributed by atoms with Crippen LogP contribution in [0.1, 0.15) is 28.4 Å². The standard InChI is InChI=1S/C23H22ClNO4S/c1-4-29-22-8-6-5-7-20(22)23(26)25(21-15-16(2)9-10-17(21)3)30(27,28)19-13-11-18(24)12-14-19/h5-15H,4H2,1-3H3. The van der Waals surface area contributed by atoms with E-state index in [-0.39, 0.29) is 10.5 Å². The Morgan fingerprint density at radius 2 is 1.67 bits per heavy atom. The number of halogens is 1. The molecule has 0 N–H and O–H groups in total. The molecule has 0 radical (unpaired) electrons. The number of amides is 1. The fourth-order valence-corrected chi connectivity index (χ4v) is 4.62. The van der Waals surface area contributed by atoms with E-state index < -0.39 is 15.9 Å². The Bertz CT molecular complexity index is 1170. The number of aryl methyl sites for hydroxylation is 2. The summed E-state index contributed by atoms with van der Waals surface area (Å²) in [5, 5.41) is 0.403. The molecule has 0 saturated heterocycles. The van der Waals surface area contributed by atoms with Gasteiger partial charge in [0, 0.05) is 5.02 Å². The van der Waals surface area contributed by atoms with Crippen LogP contribution < -0.4 is 9.04 Å². The number of para-hydroxylation sites is 1. The largest absolute Gasteiger partial charge is 0.493 e. The Morgan fingerprint density at radius 1 is 1.00 bits per heavy atom. The third kappa shape index (κ3) is 4.35. The van der Waals surface area contributed by atoms with Gasteiger partial charge < -0.3 is 4.74 Å². The molecule has 0 aliphatic rings. The van der Waals surface area contributed by atoms with Crippen molar-refractivity contribution < 1.29 is 17.9 Å². The van der Waals surface area contributed by atoms with Crippen LogP contribution in [0.2, 0.25) is 5.02 Å². The molecule has 3 aromatic rings. The Morgan fingerprint density at radius 3 is 2.33 bits per heavy atom. The Kier molecular flexibility index (Phi) is 6.48.